The van der Waals surface area contributed by atoms with Gasteiger partial charge in [0.2, 0.25) is 0 Å². The third-order valence-corrected chi connectivity index (χ3v) is 3.13. The molecule has 1 aromatic carbocycles. The number of carbonyl (C=O) groups excluding carboxylic acids is 1. The number of hydrogen-bond donors (Lipinski definition) is 2. The van der Waals surface area contributed by atoms with Gasteiger partial charge >= 0.3 is 12.1 Å². The molecule has 0 fully saturated rings. The van der Waals surface area contributed by atoms with Crippen molar-refractivity contribution in [3.63, 3.8) is 0 Å². The number of benzene rings is 1. The van der Waals surface area contributed by atoms with E-state index in [0.29, 0.717) is 6.42 Å². The molecule has 0 spiro atoms. The van der Waals surface area contributed by atoms with Gasteiger partial charge in [0.05, 0.1) is 6.04 Å². The lowest BCUT2D eigenvalue weighted by atomic mass is 9.99. The Kier molecular flexibility index (Phi) is 3.85. The first-order valence-corrected chi connectivity index (χ1v) is 5.98. The standard InChI is InChI=1S/C14H15NO4/c1-2-7-19-14(18)15-11-8-9-5-3-4-6-10(9)12(11)13(16)17/h2-6,11-12H,1,7-8H2,(H,15,18)(H,16,17). The number of carboxylic acid groups (broad SMARTS) is 1. The average molecular weight is 261 g/mol. The molecule has 0 radical (unpaired) electrons. The second kappa shape index (κ2) is 5.56. The number of carboxylic acids is 1. The zero-order valence-corrected chi connectivity index (χ0v) is 10.3. The third-order valence-electron chi connectivity index (χ3n) is 3.13. The van der Waals surface area contributed by atoms with Crippen LogP contribution >= 0.6 is 0 Å². The Morgan fingerprint density at radius 1 is 1.47 bits per heavy atom. The van der Waals surface area contributed by atoms with Crippen LogP contribution < -0.4 is 5.32 Å². The molecule has 0 aromatic heterocycles. The van der Waals surface area contributed by atoms with Crippen molar-refractivity contribution >= 4 is 12.1 Å². The number of alkyl carbamates (subject to hydrolysis) is 1. The Labute approximate surface area is 110 Å². The van der Waals surface area contributed by atoms with Crippen molar-refractivity contribution in [1.29, 1.82) is 0 Å². The monoisotopic (exact) mass is 261 g/mol. The summed E-state index contributed by atoms with van der Waals surface area (Å²) in [5, 5.41) is 11.9. The van der Waals surface area contributed by atoms with Crippen LogP contribution in [0.15, 0.2) is 36.9 Å². The summed E-state index contributed by atoms with van der Waals surface area (Å²) in [5.41, 5.74) is 1.70. The predicted molar refractivity (Wildman–Crippen MR) is 69.0 cm³/mol. The molecule has 19 heavy (non-hydrogen) atoms. The quantitative estimate of drug-likeness (QED) is 0.809. The molecule has 0 bridgehead atoms. The maximum atomic E-state index is 11.5. The minimum atomic E-state index is -0.945. The van der Waals surface area contributed by atoms with Crippen LogP contribution in [0.2, 0.25) is 0 Å². The maximum Gasteiger partial charge on any atom is 0.407 e. The molecule has 1 aliphatic rings. The van der Waals surface area contributed by atoms with Gasteiger partial charge in [-0.1, -0.05) is 36.9 Å². The van der Waals surface area contributed by atoms with E-state index in [1.807, 2.05) is 12.1 Å². The van der Waals surface area contributed by atoms with Gasteiger partial charge in [-0.3, -0.25) is 4.79 Å². The summed E-state index contributed by atoms with van der Waals surface area (Å²) in [5.74, 6) is -1.67. The number of hydrogen-bond acceptors (Lipinski definition) is 3. The van der Waals surface area contributed by atoms with E-state index in [2.05, 4.69) is 11.9 Å². The Morgan fingerprint density at radius 3 is 2.89 bits per heavy atom. The van der Waals surface area contributed by atoms with E-state index in [1.54, 1.807) is 12.1 Å². The molecule has 2 unspecified atom stereocenters. The summed E-state index contributed by atoms with van der Waals surface area (Å²) in [4.78, 5) is 22.9. The van der Waals surface area contributed by atoms with Crippen LogP contribution in [0.4, 0.5) is 4.79 Å². The summed E-state index contributed by atoms with van der Waals surface area (Å²) < 4.78 is 4.82. The number of fused-ring (bicyclic) bond motifs is 1. The van der Waals surface area contributed by atoms with Gasteiger partial charge in [0.25, 0.3) is 0 Å². The van der Waals surface area contributed by atoms with E-state index in [9.17, 15) is 14.7 Å². The van der Waals surface area contributed by atoms with Crippen molar-refractivity contribution in [2.45, 2.75) is 18.4 Å². The number of nitrogens with one attached hydrogen (secondary N) is 1. The van der Waals surface area contributed by atoms with Gasteiger partial charge < -0.3 is 15.2 Å². The molecule has 1 aromatic rings. The molecule has 100 valence electrons. The molecule has 2 N–H and O–H groups in total. The highest BCUT2D eigenvalue weighted by Gasteiger charge is 2.38. The zero-order chi connectivity index (χ0) is 13.8. The fourth-order valence-corrected chi connectivity index (χ4v) is 2.36. The molecular formula is C14H15NO4. The van der Waals surface area contributed by atoms with E-state index in [-0.39, 0.29) is 6.61 Å². The smallest absolute Gasteiger partial charge is 0.407 e. The molecule has 1 aliphatic carbocycles. The first-order chi connectivity index (χ1) is 9.13. The van der Waals surface area contributed by atoms with Crippen molar-refractivity contribution in [2.75, 3.05) is 6.61 Å². The van der Waals surface area contributed by atoms with Gasteiger partial charge in [-0.25, -0.2) is 4.79 Å². The van der Waals surface area contributed by atoms with Crippen LogP contribution in [0.5, 0.6) is 0 Å². The molecular weight excluding hydrogens is 246 g/mol. The first kappa shape index (κ1) is 13.1. The summed E-state index contributed by atoms with van der Waals surface area (Å²) in [6, 6.07) is 6.84. The normalized spacial score (nSPS) is 20.4. The molecule has 2 atom stereocenters. The summed E-state index contributed by atoms with van der Waals surface area (Å²) in [7, 11) is 0. The minimum Gasteiger partial charge on any atom is -0.481 e. The lowest BCUT2D eigenvalue weighted by Crippen LogP contribution is -2.40. The first-order valence-electron chi connectivity index (χ1n) is 5.98. The molecule has 5 nitrogen and oxygen atoms in total. The van der Waals surface area contributed by atoms with Gasteiger partial charge in [0.1, 0.15) is 12.5 Å². The predicted octanol–water partition coefficient (Wildman–Crippen LogP) is 1.69. The third kappa shape index (κ3) is 2.76. The Balaban J connectivity index is 2.12. The Hall–Kier alpha value is -2.30. The zero-order valence-electron chi connectivity index (χ0n) is 10.3. The van der Waals surface area contributed by atoms with E-state index < -0.39 is 24.0 Å². The van der Waals surface area contributed by atoms with Crippen LogP contribution in [-0.2, 0) is 16.0 Å². The van der Waals surface area contributed by atoms with Gasteiger partial charge in [0, 0.05) is 0 Å². The van der Waals surface area contributed by atoms with Crippen molar-refractivity contribution in [1.82, 2.24) is 5.32 Å². The van der Waals surface area contributed by atoms with Crippen molar-refractivity contribution < 1.29 is 19.4 Å². The van der Waals surface area contributed by atoms with Gasteiger partial charge in [-0.2, -0.15) is 0 Å². The van der Waals surface area contributed by atoms with Crippen LogP contribution in [0.3, 0.4) is 0 Å². The number of aliphatic carboxylic acids is 1. The van der Waals surface area contributed by atoms with E-state index in [4.69, 9.17) is 4.74 Å². The largest absolute Gasteiger partial charge is 0.481 e. The number of rotatable bonds is 4. The second-order valence-electron chi connectivity index (χ2n) is 4.36. The lowest BCUT2D eigenvalue weighted by Gasteiger charge is -2.17. The summed E-state index contributed by atoms with van der Waals surface area (Å²) in [6.45, 7) is 3.54. The average Bonchev–Trinajstić information content (AvgIpc) is 2.74. The fraction of sp³-hybridized carbons (Fsp3) is 0.286. The van der Waals surface area contributed by atoms with E-state index >= 15 is 0 Å². The molecule has 0 saturated carbocycles. The molecule has 0 aliphatic heterocycles. The highest BCUT2D eigenvalue weighted by atomic mass is 16.5. The molecule has 0 saturated heterocycles. The molecule has 5 heteroatoms. The van der Waals surface area contributed by atoms with E-state index in [1.165, 1.54) is 6.08 Å². The topological polar surface area (TPSA) is 75.6 Å². The Bertz CT molecular complexity index is 512. The molecule has 0 heterocycles. The highest BCUT2D eigenvalue weighted by Crippen LogP contribution is 2.33. The number of carbonyl (C=O) groups is 2. The second-order valence-corrected chi connectivity index (χ2v) is 4.36. The molecule has 1 amide bonds. The van der Waals surface area contributed by atoms with Crippen molar-refractivity contribution in [3.05, 3.63) is 48.0 Å². The van der Waals surface area contributed by atoms with Gasteiger partial charge in [-0.05, 0) is 17.5 Å². The Morgan fingerprint density at radius 2 is 2.21 bits per heavy atom. The van der Waals surface area contributed by atoms with Crippen molar-refractivity contribution in [2.24, 2.45) is 0 Å². The summed E-state index contributed by atoms with van der Waals surface area (Å²) >= 11 is 0. The van der Waals surface area contributed by atoms with Gasteiger partial charge in [-0.15, -0.1) is 0 Å². The van der Waals surface area contributed by atoms with Crippen LogP contribution in [0.1, 0.15) is 17.0 Å². The SMILES string of the molecule is C=CCOC(=O)NC1Cc2ccccc2C1C(=O)O. The summed E-state index contributed by atoms with van der Waals surface area (Å²) in [6.07, 6.45) is 1.33. The molecule has 2 rings (SSSR count). The number of amides is 1. The van der Waals surface area contributed by atoms with E-state index in [0.717, 1.165) is 11.1 Å². The van der Waals surface area contributed by atoms with Crippen LogP contribution in [0, 0.1) is 0 Å². The van der Waals surface area contributed by atoms with Crippen LogP contribution in [-0.4, -0.2) is 29.8 Å². The van der Waals surface area contributed by atoms with Gasteiger partial charge in [0.15, 0.2) is 0 Å². The number of ether oxygens (including phenoxy) is 1. The lowest BCUT2D eigenvalue weighted by molar-refractivity contribution is -0.139. The highest BCUT2D eigenvalue weighted by molar-refractivity contribution is 5.80. The van der Waals surface area contributed by atoms with Crippen LogP contribution in [0.25, 0.3) is 0 Å². The minimum absolute atomic E-state index is 0.100. The fourth-order valence-electron chi connectivity index (χ4n) is 2.36. The maximum absolute atomic E-state index is 11.5. The van der Waals surface area contributed by atoms with Crippen molar-refractivity contribution in [3.8, 4) is 0 Å².